The molecule has 3 rings (SSSR count). The van der Waals surface area contributed by atoms with E-state index in [-0.39, 0.29) is 0 Å². The van der Waals surface area contributed by atoms with Crippen LogP contribution in [0.1, 0.15) is 17.1 Å². The highest BCUT2D eigenvalue weighted by atomic mass is 15.3. The Morgan fingerprint density at radius 3 is 2.72 bits per heavy atom. The lowest BCUT2D eigenvalue weighted by molar-refractivity contribution is 0.938. The van der Waals surface area contributed by atoms with Crippen molar-refractivity contribution in [3.63, 3.8) is 0 Å². The first kappa shape index (κ1) is 10.7. The lowest BCUT2D eigenvalue weighted by Crippen LogP contribution is -2.09. The van der Waals surface area contributed by atoms with Crippen molar-refractivity contribution < 1.29 is 0 Å². The second-order valence-corrected chi connectivity index (χ2v) is 4.21. The summed E-state index contributed by atoms with van der Waals surface area (Å²) in [5.74, 6) is 6.53. The summed E-state index contributed by atoms with van der Waals surface area (Å²) in [7, 11) is 0. The van der Waals surface area contributed by atoms with Gasteiger partial charge in [0.1, 0.15) is 17.7 Å². The van der Waals surface area contributed by atoms with Crippen molar-refractivity contribution in [2.75, 3.05) is 5.84 Å². The third-order valence-electron chi connectivity index (χ3n) is 2.85. The van der Waals surface area contributed by atoms with Crippen molar-refractivity contribution in [3.8, 4) is 0 Å². The van der Waals surface area contributed by atoms with E-state index in [1.54, 1.807) is 6.33 Å². The monoisotopic (exact) mass is 239 g/mol. The molecule has 2 N–H and O–H groups in total. The Balaban J connectivity index is 2.05. The predicted octanol–water partition coefficient (Wildman–Crippen LogP) is 1.44. The van der Waals surface area contributed by atoms with Gasteiger partial charge in [0.25, 0.3) is 0 Å². The van der Waals surface area contributed by atoms with E-state index in [1.807, 2.05) is 25.1 Å². The molecule has 90 valence electrons. The molecule has 0 spiro atoms. The van der Waals surface area contributed by atoms with Gasteiger partial charge in [-0.2, -0.15) is 0 Å². The Kier molecular flexibility index (Phi) is 2.44. The molecule has 5 heteroatoms. The van der Waals surface area contributed by atoms with E-state index in [1.165, 1.54) is 10.2 Å². The Morgan fingerprint density at radius 2 is 1.94 bits per heavy atom. The van der Waals surface area contributed by atoms with E-state index in [9.17, 15) is 0 Å². The Morgan fingerprint density at radius 1 is 1.17 bits per heavy atom. The number of imidazole rings is 1. The highest BCUT2D eigenvalue weighted by molar-refractivity contribution is 5.73. The van der Waals surface area contributed by atoms with Gasteiger partial charge in [0.2, 0.25) is 0 Å². The van der Waals surface area contributed by atoms with Crippen LogP contribution >= 0.6 is 0 Å². The molecule has 0 aliphatic heterocycles. The summed E-state index contributed by atoms with van der Waals surface area (Å²) in [5.41, 5.74) is 3.47. The molecule has 0 amide bonds. The number of hydrogen-bond donors (Lipinski definition) is 1. The number of rotatable bonds is 2. The van der Waals surface area contributed by atoms with Crippen LogP contribution in [-0.4, -0.2) is 19.6 Å². The van der Waals surface area contributed by atoms with Crippen molar-refractivity contribution in [1.82, 2.24) is 19.6 Å². The first-order valence-corrected chi connectivity index (χ1v) is 5.73. The molecule has 18 heavy (non-hydrogen) atoms. The fourth-order valence-corrected chi connectivity index (χ4v) is 1.97. The minimum atomic E-state index is 0.674. The summed E-state index contributed by atoms with van der Waals surface area (Å²) < 4.78 is 1.43. The average molecular weight is 239 g/mol. The second kappa shape index (κ2) is 4.10. The third-order valence-corrected chi connectivity index (χ3v) is 2.85. The molecule has 3 aromatic rings. The molecule has 1 aromatic carbocycles. The predicted molar refractivity (Wildman–Crippen MR) is 69.5 cm³/mol. The molecule has 0 bridgehead atoms. The topological polar surface area (TPSA) is 69.6 Å². The molecule has 0 aliphatic carbocycles. The van der Waals surface area contributed by atoms with Gasteiger partial charge in [0, 0.05) is 6.42 Å². The van der Waals surface area contributed by atoms with Gasteiger partial charge in [-0.25, -0.2) is 19.6 Å². The smallest absolute Gasteiger partial charge is 0.182 e. The van der Waals surface area contributed by atoms with Crippen molar-refractivity contribution in [2.45, 2.75) is 13.3 Å². The Bertz CT molecular complexity index is 687. The highest BCUT2D eigenvalue weighted by Gasteiger charge is 2.09. The summed E-state index contributed by atoms with van der Waals surface area (Å²) in [5, 5.41) is 0. The van der Waals surface area contributed by atoms with Crippen LogP contribution in [0.15, 0.2) is 36.7 Å². The maximum atomic E-state index is 5.77. The van der Waals surface area contributed by atoms with Gasteiger partial charge in [-0.15, -0.1) is 0 Å². The van der Waals surface area contributed by atoms with Crippen LogP contribution in [0.5, 0.6) is 0 Å². The molecule has 0 atom stereocenters. The van der Waals surface area contributed by atoms with Crippen LogP contribution in [0.4, 0.5) is 0 Å². The summed E-state index contributed by atoms with van der Waals surface area (Å²) in [6.45, 7) is 1.92. The minimum Gasteiger partial charge on any atom is -0.336 e. The highest BCUT2D eigenvalue weighted by Crippen LogP contribution is 2.13. The second-order valence-electron chi connectivity index (χ2n) is 4.21. The van der Waals surface area contributed by atoms with Crippen LogP contribution in [0, 0.1) is 6.92 Å². The summed E-state index contributed by atoms with van der Waals surface area (Å²) in [6, 6.07) is 10.1. The number of aryl methyl sites for hydroxylation is 1. The quantitative estimate of drug-likeness (QED) is 0.687. The van der Waals surface area contributed by atoms with Crippen molar-refractivity contribution in [1.29, 1.82) is 0 Å². The van der Waals surface area contributed by atoms with Gasteiger partial charge < -0.3 is 5.84 Å². The molecule has 2 aromatic heterocycles. The van der Waals surface area contributed by atoms with Gasteiger partial charge in [-0.3, -0.25) is 0 Å². The molecule has 0 fully saturated rings. The zero-order valence-electron chi connectivity index (χ0n) is 10.0. The van der Waals surface area contributed by atoms with Crippen molar-refractivity contribution >= 4 is 11.2 Å². The third kappa shape index (κ3) is 1.79. The van der Waals surface area contributed by atoms with Crippen LogP contribution in [-0.2, 0) is 6.42 Å². The zero-order chi connectivity index (χ0) is 12.5. The maximum absolute atomic E-state index is 5.77. The summed E-state index contributed by atoms with van der Waals surface area (Å²) >= 11 is 0. The first-order chi connectivity index (χ1) is 8.74. The molecule has 0 saturated heterocycles. The number of aromatic nitrogens is 4. The fourth-order valence-electron chi connectivity index (χ4n) is 1.97. The molecular weight excluding hydrogens is 226 g/mol. The lowest BCUT2D eigenvalue weighted by Gasteiger charge is -2.03. The van der Waals surface area contributed by atoms with Gasteiger partial charge in [0.15, 0.2) is 5.65 Å². The average Bonchev–Trinajstić information content (AvgIpc) is 2.73. The van der Waals surface area contributed by atoms with Gasteiger partial charge >= 0.3 is 0 Å². The number of nitrogens with zero attached hydrogens (tertiary/aromatic N) is 4. The van der Waals surface area contributed by atoms with Crippen LogP contribution in [0.3, 0.4) is 0 Å². The van der Waals surface area contributed by atoms with Gasteiger partial charge in [0.05, 0.1) is 5.69 Å². The Hall–Kier alpha value is -2.43. The number of nitrogens with two attached hydrogens (primary N) is 1. The first-order valence-electron chi connectivity index (χ1n) is 5.73. The number of fused-ring (bicyclic) bond motifs is 1. The van der Waals surface area contributed by atoms with E-state index in [2.05, 4.69) is 27.1 Å². The van der Waals surface area contributed by atoms with E-state index in [4.69, 9.17) is 5.84 Å². The van der Waals surface area contributed by atoms with Gasteiger partial charge in [-0.1, -0.05) is 30.3 Å². The molecule has 5 nitrogen and oxygen atoms in total. The van der Waals surface area contributed by atoms with Crippen LogP contribution in [0.25, 0.3) is 11.2 Å². The molecular formula is C13H13N5. The minimum absolute atomic E-state index is 0.674. The van der Waals surface area contributed by atoms with E-state index in [0.29, 0.717) is 12.1 Å². The number of hydrogen-bond acceptors (Lipinski definition) is 4. The number of benzene rings is 1. The van der Waals surface area contributed by atoms with Crippen molar-refractivity contribution in [3.05, 3.63) is 53.7 Å². The normalized spacial score (nSPS) is 10.9. The summed E-state index contributed by atoms with van der Waals surface area (Å²) in [4.78, 5) is 13.1. The molecule has 0 aliphatic rings. The van der Waals surface area contributed by atoms with E-state index in [0.717, 1.165) is 17.0 Å². The van der Waals surface area contributed by atoms with E-state index < -0.39 is 0 Å². The van der Waals surface area contributed by atoms with Gasteiger partial charge in [-0.05, 0) is 12.5 Å². The summed E-state index contributed by atoms with van der Waals surface area (Å²) in [6.07, 6.45) is 2.25. The van der Waals surface area contributed by atoms with Crippen molar-refractivity contribution in [2.24, 2.45) is 0 Å². The molecule has 2 heterocycles. The zero-order valence-corrected chi connectivity index (χ0v) is 10.0. The van der Waals surface area contributed by atoms with E-state index >= 15 is 0 Å². The molecule has 0 saturated carbocycles. The fraction of sp³-hybridized carbons (Fsp3) is 0.154. The largest absolute Gasteiger partial charge is 0.336 e. The maximum Gasteiger partial charge on any atom is 0.182 e. The SMILES string of the molecule is Cc1nc(Cc2ccccc2)nc2c1ncn2N. The lowest BCUT2D eigenvalue weighted by atomic mass is 10.1. The number of nitrogen functional groups attached to an aromatic ring is 1. The van der Waals surface area contributed by atoms with Crippen LogP contribution < -0.4 is 5.84 Å². The Labute approximate surface area is 104 Å². The van der Waals surface area contributed by atoms with Crippen LogP contribution in [0.2, 0.25) is 0 Å². The molecule has 0 unspecified atom stereocenters. The molecule has 0 radical (unpaired) electrons. The standard InChI is InChI=1S/C13H13N5/c1-9-12-13(18(14)8-15-12)17-11(16-9)7-10-5-3-2-4-6-10/h2-6,8H,7,14H2,1H3.